The highest BCUT2D eigenvalue weighted by Gasteiger charge is 2.14. The fourth-order valence-corrected chi connectivity index (χ4v) is 1.95. The Labute approximate surface area is 113 Å². The number of carbonyl (C=O) groups is 1. The first-order valence-electron chi connectivity index (χ1n) is 5.71. The first-order valence-corrected chi connectivity index (χ1v) is 6.50. The summed E-state index contributed by atoms with van der Waals surface area (Å²) in [5.41, 5.74) is 1.28. The van der Waals surface area contributed by atoms with Gasteiger partial charge in [0.25, 0.3) is 5.91 Å². The lowest BCUT2D eigenvalue weighted by Crippen LogP contribution is -2.37. The number of carbonyl (C=O) groups excluding carboxylic acids is 1. The van der Waals surface area contributed by atoms with Gasteiger partial charge in [-0.25, -0.2) is 0 Å². The molecule has 1 atom stereocenters. The van der Waals surface area contributed by atoms with Gasteiger partial charge in [-0.3, -0.25) is 9.89 Å². The number of aromatic nitrogens is 2. The molecule has 1 aromatic heterocycles. The highest BCUT2D eigenvalue weighted by molar-refractivity contribution is 9.10. The van der Waals surface area contributed by atoms with Crippen molar-refractivity contribution < 1.29 is 4.79 Å². The molecule has 0 saturated heterocycles. The molecule has 96 valence electrons. The van der Waals surface area contributed by atoms with Crippen molar-refractivity contribution in [1.29, 1.82) is 0 Å². The first kappa shape index (κ1) is 13.0. The van der Waals surface area contributed by atoms with Crippen LogP contribution in [0.5, 0.6) is 0 Å². The maximum absolute atomic E-state index is 12.0. The lowest BCUT2D eigenvalue weighted by Gasteiger charge is -2.10. The van der Waals surface area contributed by atoms with Gasteiger partial charge in [-0.05, 0) is 32.2 Å². The van der Waals surface area contributed by atoms with Gasteiger partial charge in [-0.2, -0.15) is 5.10 Å². The van der Waals surface area contributed by atoms with Gasteiger partial charge < -0.3 is 10.6 Å². The molecule has 0 aliphatic heterocycles. The van der Waals surface area contributed by atoms with Crippen molar-refractivity contribution >= 4 is 32.7 Å². The van der Waals surface area contributed by atoms with Crippen LogP contribution in [0.25, 0.3) is 10.9 Å². The van der Waals surface area contributed by atoms with E-state index in [-0.39, 0.29) is 11.9 Å². The SMILES string of the molecule is CNC(C)CNC(=O)c1n[nH]c2ccc(Br)cc12. The molecule has 0 aliphatic rings. The van der Waals surface area contributed by atoms with Crippen molar-refractivity contribution in [2.24, 2.45) is 0 Å². The molecule has 1 unspecified atom stereocenters. The minimum atomic E-state index is -0.165. The molecule has 0 spiro atoms. The highest BCUT2D eigenvalue weighted by Crippen LogP contribution is 2.20. The van der Waals surface area contributed by atoms with Crippen LogP contribution in [0.1, 0.15) is 17.4 Å². The van der Waals surface area contributed by atoms with E-state index in [2.05, 4.69) is 36.8 Å². The summed E-state index contributed by atoms with van der Waals surface area (Å²) >= 11 is 3.39. The minimum absolute atomic E-state index is 0.165. The van der Waals surface area contributed by atoms with Crippen molar-refractivity contribution in [2.75, 3.05) is 13.6 Å². The van der Waals surface area contributed by atoms with Gasteiger partial charge in [0, 0.05) is 22.4 Å². The molecule has 2 aromatic rings. The number of halogens is 1. The third-order valence-electron chi connectivity index (χ3n) is 2.80. The number of fused-ring (bicyclic) bond motifs is 1. The largest absolute Gasteiger partial charge is 0.349 e. The Balaban J connectivity index is 2.20. The van der Waals surface area contributed by atoms with Crippen molar-refractivity contribution in [3.63, 3.8) is 0 Å². The summed E-state index contributed by atoms with van der Waals surface area (Å²) in [6.07, 6.45) is 0. The number of benzene rings is 1. The summed E-state index contributed by atoms with van der Waals surface area (Å²) in [5.74, 6) is -0.165. The summed E-state index contributed by atoms with van der Waals surface area (Å²) in [4.78, 5) is 12.0. The predicted molar refractivity (Wildman–Crippen MR) is 74.6 cm³/mol. The van der Waals surface area contributed by atoms with Crippen LogP contribution < -0.4 is 10.6 Å². The van der Waals surface area contributed by atoms with Crippen LogP contribution in [-0.2, 0) is 0 Å². The summed E-state index contributed by atoms with van der Waals surface area (Å²) in [6.45, 7) is 2.57. The molecule has 5 nitrogen and oxygen atoms in total. The smallest absolute Gasteiger partial charge is 0.272 e. The Hall–Kier alpha value is -1.40. The summed E-state index contributed by atoms with van der Waals surface area (Å²) in [6, 6.07) is 5.91. The van der Waals surface area contributed by atoms with E-state index in [4.69, 9.17) is 0 Å². The Morgan fingerprint density at radius 3 is 3.06 bits per heavy atom. The molecule has 18 heavy (non-hydrogen) atoms. The van der Waals surface area contributed by atoms with E-state index in [0.29, 0.717) is 12.2 Å². The monoisotopic (exact) mass is 310 g/mol. The maximum atomic E-state index is 12.0. The number of nitrogens with zero attached hydrogens (tertiary/aromatic N) is 1. The predicted octanol–water partition coefficient (Wildman–Crippen LogP) is 1.66. The van der Waals surface area contributed by atoms with E-state index in [0.717, 1.165) is 15.4 Å². The molecule has 0 bridgehead atoms. The number of amides is 1. The van der Waals surface area contributed by atoms with Crippen LogP contribution in [-0.4, -0.2) is 35.7 Å². The second-order valence-electron chi connectivity index (χ2n) is 4.16. The quantitative estimate of drug-likeness (QED) is 0.804. The average Bonchev–Trinajstić information content (AvgIpc) is 2.78. The Kier molecular flexibility index (Phi) is 3.98. The molecule has 0 aliphatic carbocycles. The summed E-state index contributed by atoms with van der Waals surface area (Å²) < 4.78 is 0.925. The molecule has 6 heteroatoms. The number of rotatable bonds is 4. The summed E-state index contributed by atoms with van der Waals surface area (Å²) in [7, 11) is 1.86. The van der Waals surface area contributed by atoms with Gasteiger partial charge >= 0.3 is 0 Å². The zero-order valence-corrected chi connectivity index (χ0v) is 11.8. The van der Waals surface area contributed by atoms with E-state index in [1.54, 1.807) is 0 Å². The van der Waals surface area contributed by atoms with Crippen LogP contribution in [0.3, 0.4) is 0 Å². The molecule has 3 N–H and O–H groups in total. The molecular weight excluding hydrogens is 296 g/mol. The molecule has 2 rings (SSSR count). The van der Waals surface area contributed by atoms with Crippen LogP contribution in [0, 0.1) is 0 Å². The normalized spacial score (nSPS) is 12.6. The van der Waals surface area contributed by atoms with Gasteiger partial charge in [0.2, 0.25) is 0 Å². The van der Waals surface area contributed by atoms with Crippen LogP contribution in [0.4, 0.5) is 0 Å². The van der Waals surface area contributed by atoms with Crippen molar-refractivity contribution in [3.8, 4) is 0 Å². The molecule has 1 amide bonds. The average molecular weight is 311 g/mol. The van der Waals surface area contributed by atoms with Crippen molar-refractivity contribution in [1.82, 2.24) is 20.8 Å². The maximum Gasteiger partial charge on any atom is 0.272 e. The lowest BCUT2D eigenvalue weighted by molar-refractivity contribution is 0.0947. The second-order valence-corrected chi connectivity index (χ2v) is 5.08. The van der Waals surface area contributed by atoms with E-state index in [9.17, 15) is 4.79 Å². The third-order valence-corrected chi connectivity index (χ3v) is 3.29. The molecule has 1 heterocycles. The molecular formula is C12H15BrN4O. The number of hydrogen-bond donors (Lipinski definition) is 3. The van der Waals surface area contributed by atoms with Gasteiger partial charge in [0.05, 0.1) is 5.52 Å². The number of H-pyrrole nitrogens is 1. The fraction of sp³-hybridized carbons (Fsp3) is 0.333. The van der Waals surface area contributed by atoms with Gasteiger partial charge in [-0.15, -0.1) is 0 Å². The molecule has 0 radical (unpaired) electrons. The molecule has 0 fully saturated rings. The Morgan fingerprint density at radius 2 is 2.33 bits per heavy atom. The van der Waals surface area contributed by atoms with Crippen molar-refractivity contribution in [3.05, 3.63) is 28.4 Å². The topological polar surface area (TPSA) is 69.8 Å². The van der Waals surface area contributed by atoms with Crippen molar-refractivity contribution in [2.45, 2.75) is 13.0 Å². The van der Waals surface area contributed by atoms with Crippen LogP contribution >= 0.6 is 15.9 Å². The zero-order valence-electron chi connectivity index (χ0n) is 10.2. The minimum Gasteiger partial charge on any atom is -0.349 e. The van der Waals surface area contributed by atoms with Gasteiger partial charge in [-0.1, -0.05) is 15.9 Å². The van der Waals surface area contributed by atoms with Crippen LogP contribution in [0.2, 0.25) is 0 Å². The second kappa shape index (κ2) is 5.49. The summed E-state index contributed by atoms with van der Waals surface area (Å²) in [5, 5.41) is 13.6. The van der Waals surface area contributed by atoms with Gasteiger partial charge in [0.15, 0.2) is 5.69 Å². The van der Waals surface area contributed by atoms with Crippen LogP contribution in [0.15, 0.2) is 22.7 Å². The molecule has 0 saturated carbocycles. The first-order chi connectivity index (χ1) is 8.61. The Morgan fingerprint density at radius 1 is 1.56 bits per heavy atom. The lowest BCUT2D eigenvalue weighted by atomic mass is 10.2. The molecule has 1 aromatic carbocycles. The fourth-order valence-electron chi connectivity index (χ4n) is 1.59. The Bertz CT molecular complexity index is 566. The number of likely N-dealkylation sites (N-methyl/N-ethyl adjacent to an activating group) is 1. The number of hydrogen-bond acceptors (Lipinski definition) is 3. The zero-order chi connectivity index (χ0) is 13.1. The highest BCUT2D eigenvalue weighted by atomic mass is 79.9. The van der Waals surface area contributed by atoms with E-state index < -0.39 is 0 Å². The van der Waals surface area contributed by atoms with E-state index in [1.807, 2.05) is 32.2 Å². The third kappa shape index (κ3) is 2.70. The van der Waals surface area contributed by atoms with E-state index in [1.165, 1.54) is 0 Å². The number of aromatic amines is 1. The standard InChI is InChI=1S/C12H15BrN4O/c1-7(14-2)6-15-12(18)11-9-5-8(13)3-4-10(9)16-17-11/h3-5,7,14H,6H2,1-2H3,(H,15,18)(H,16,17). The van der Waals surface area contributed by atoms with Gasteiger partial charge in [0.1, 0.15) is 0 Å². The number of nitrogens with one attached hydrogen (secondary N) is 3. The van der Waals surface area contributed by atoms with E-state index >= 15 is 0 Å².